The summed E-state index contributed by atoms with van der Waals surface area (Å²) in [5, 5.41) is 9.09. The standard InChI is InChI=1S/C19H25N5S/c1-3-16-13-22-18(25-16)14-23-19(20-2)21-10-6-11-24-12-9-15-7-4-5-8-17(15)24/h4-5,7-9,12-13H,3,6,10-11,14H2,1-2H3,(H2,20,21,23). The predicted octanol–water partition coefficient (Wildman–Crippen LogP) is 3.42. The van der Waals surface area contributed by atoms with Gasteiger partial charge >= 0.3 is 0 Å². The second-order valence-electron chi connectivity index (χ2n) is 5.85. The molecule has 0 saturated carbocycles. The Bertz CT molecular complexity index is 833. The molecule has 132 valence electrons. The lowest BCUT2D eigenvalue weighted by Crippen LogP contribution is -2.37. The van der Waals surface area contributed by atoms with Gasteiger partial charge in [0.15, 0.2) is 5.96 Å². The van der Waals surface area contributed by atoms with E-state index in [0.717, 1.165) is 36.9 Å². The Morgan fingerprint density at radius 2 is 2.12 bits per heavy atom. The number of rotatable bonds is 7. The van der Waals surface area contributed by atoms with Crippen LogP contribution < -0.4 is 10.6 Å². The molecule has 0 aliphatic carbocycles. The molecule has 0 fully saturated rings. The number of fused-ring (bicyclic) bond motifs is 1. The summed E-state index contributed by atoms with van der Waals surface area (Å²) in [5.74, 6) is 0.825. The molecule has 0 aliphatic rings. The van der Waals surface area contributed by atoms with Crippen molar-refractivity contribution < 1.29 is 0 Å². The van der Waals surface area contributed by atoms with E-state index >= 15 is 0 Å². The van der Waals surface area contributed by atoms with Crippen molar-refractivity contribution in [3.05, 3.63) is 52.6 Å². The summed E-state index contributed by atoms with van der Waals surface area (Å²) in [5.41, 5.74) is 1.29. The fraction of sp³-hybridized carbons (Fsp3) is 0.368. The molecular formula is C19H25N5S. The van der Waals surface area contributed by atoms with Gasteiger partial charge in [-0.1, -0.05) is 25.1 Å². The monoisotopic (exact) mass is 355 g/mol. The molecule has 0 radical (unpaired) electrons. The molecule has 0 saturated heterocycles. The summed E-state index contributed by atoms with van der Waals surface area (Å²) in [4.78, 5) is 10.0. The Balaban J connectivity index is 1.42. The molecule has 2 aromatic heterocycles. The average molecular weight is 356 g/mol. The van der Waals surface area contributed by atoms with Crippen LogP contribution in [0.15, 0.2) is 47.7 Å². The van der Waals surface area contributed by atoms with Crippen molar-refractivity contribution in [2.75, 3.05) is 13.6 Å². The van der Waals surface area contributed by atoms with Gasteiger partial charge in [-0.2, -0.15) is 0 Å². The summed E-state index contributed by atoms with van der Waals surface area (Å²) in [7, 11) is 1.80. The molecule has 3 rings (SSSR count). The van der Waals surface area contributed by atoms with Crippen molar-refractivity contribution in [1.29, 1.82) is 0 Å². The number of hydrogen-bond donors (Lipinski definition) is 2. The molecule has 2 N–H and O–H groups in total. The average Bonchev–Trinajstić information content (AvgIpc) is 3.28. The van der Waals surface area contributed by atoms with Gasteiger partial charge in [0.2, 0.25) is 0 Å². The number of nitrogens with one attached hydrogen (secondary N) is 2. The van der Waals surface area contributed by atoms with Crippen molar-refractivity contribution in [1.82, 2.24) is 20.2 Å². The molecule has 25 heavy (non-hydrogen) atoms. The highest BCUT2D eigenvalue weighted by Gasteiger charge is 2.03. The van der Waals surface area contributed by atoms with Crippen molar-refractivity contribution in [2.45, 2.75) is 32.9 Å². The van der Waals surface area contributed by atoms with Gasteiger partial charge in [-0.15, -0.1) is 11.3 Å². The van der Waals surface area contributed by atoms with E-state index in [0.29, 0.717) is 6.54 Å². The Morgan fingerprint density at radius 3 is 2.92 bits per heavy atom. The van der Waals surface area contributed by atoms with Crippen LogP contribution in [0.5, 0.6) is 0 Å². The van der Waals surface area contributed by atoms with Crippen LogP contribution in [-0.2, 0) is 19.5 Å². The normalized spacial score (nSPS) is 11.8. The molecule has 6 heteroatoms. The number of benzene rings is 1. The van der Waals surface area contributed by atoms with E-state index in [4.69, 9.17) is 0 Å². The number of aryl methyl sites for hydroxylation is 2. The summed E-state index contributed by atoms with van der Waals surface area (Å²) in [6.07, 6.45) is 6.19. The molecule has 2 heterocycles. The third-order valence-electron chi connectivity index (χ3n) is 4.13. The maximum Gasteiger partial charge on any atom is 0.191 e. The zero-order valence-corrected chi connectivity index (χ0v) is 15.6. The van der Waals surface area contributed by atoms with Gasteiger partial charge in [-0.05, 0) is 30.4 Å². The van der Waals surface area contributed by atoms with Crippen LogP contribution in [-0.4, -0.2) is 29.1 Å². The van der Waals surface area contributed by atoms with E-state index in [1.54, 1.807) is 18.4 Å². The van der Waals surface area contributed by atoms with E-state index < -0.39 is 0 Å². The molecule has 3 aromatic rings. The van der Waals surface area contributed by atoms with Gasteiger partial charge in [-0.3, -0.25) is 4.99 Å². The zero-order chi connectivity index (χ0) is 17.5. The number of guanidine groups is 1. The first-order chi connectivity index (χ1) is 12.3. The van der Waals surface area contributed by atoms with E-state index in [2.05, 4.69) is 68.6 Å². The van der Waals surface area contributed by atoms with Gasteiger partial charge in [0.1, 0.15) is 5.01 Å². The number of aliphatic imine (C=N–C) groups is 1. The van der Waals surface area contributed by atoms with E-state index in [1.165, 1.54) is 15.8 Å². The SMILES string of the molecule is CCc1cnc(CNC(=NC)NCCCn2ccc3ccccc32)s1. The van der Waals surface area contributed by atoms with Gasteiger partial charge in [0.25, 0.3) is 0 Å². The highest BCUT2D eigenvalue weighted by Crippen LogP contribution is 2.15. The molecule has 5 nitrogen and oxygen atoms in total. The first kappa shape index (κ1) is 17.5. The van der Waals surface area contributed by atoms with Gasteiger partial charge < -0.3 is 15.2 Å². The molecule has 0 amide bonds. The van der Waals surface area contributed by atoms with Crippen LogP contribution >= 0.6 is 11.3 Å². The maximum atomic E-state index is 4.42. The predicted molar refractivity (Wildman–Crippen MR) is 106 cm³/mol. The Hall–Kier alpha value is -2.34. The summed E-state index contributed by atoms with van der Waals surface area (Å²) in [6, 6.07) is 10.7. The summed E-state index contributed by atoms with van der Waals surface area (Å²) in [6.45, 7) is 4.74. The number of thiazole rings is 1. The van der Waals surface area contributed by atoms with Crippen LogP contribution in [0.4, 0.5) is 0 Å². The lowest BCUT2D eigenvalue weighted by atomic mass is 10.2. The molecular weight excluding hydrogens is 330 g/mol. The van der Waals surface area contributed by atoms with Crippen LogP contribution in [0.1, 0.15) is 23.2 Å². The highest BCUT2D eigenvalue weighted by atomic mass is 32.1. The minimum atomic E-state index is 0.715. The first-order valence-corrected chi connectivity index (χ1v) is 9.53. The fourth-order valence-electron chi connectivity index (χ4n) is 2.76. The van der Waals surface area contributed by atoms with Crippen molar-refractivity contribution in [3.63, 3.8) is 0 Å². The molecule has 0 bridgehead atoms. The second kappa shape index (κ2) is 8.67. The lowest BCUT2D eigenvalue weighted by Gasteiger charge is -2.11. The number of aromatic nitrogens is 2. The van der Waals surface area contributed by atoms with Gasteiger partial charge in [0.05, 0.1) is 6.54 Å². The maximum absolute atomic E-state index is 4.42. The molecule has 0 aliphatic heterocycles. The number of hydrogen-bond acceptors (Lipinski definition) is 3. The first-order valence-electron chi connectivity index (χ1n) is 8.72. The Morgan fingerprint density at radius 1 is 1.24 bits per heavy atom. The zero-order valence-electron chi connectivity index (χ0n) is 14.8. The van der Waals surface area contributed by atoms with Crippen molar-refractivity contribution in [2.24, 2.45) is 4.99 Å². The van der Waals surface area contributed by atoms with Crippen LogP contribution in [0.25, 0.3) is 10.9 Å². The molecule has 0 unspecified atom stereocenters. The Kier molecular flexibility index (Phi) is 6.06. The lowest BCUT2D eigenvalue weighted by molar-refractivity contribution is 0.640. The second-order valence-corrected chi connectivity index (χ2v) is 7.05. The van der Waals surface area contributed by atoms with E-state index in [1.807, 2.05) is 6.20 Å². The van der Waals surface area contributed by atoms with Gasteiger partial charge in [-0.25, -0.2) is 4.98 Å². The topological polar surface area (TPSA) is 54.2 Å². The van der Waals surface area contributed by atoms with Crippen LogP contribution in [0, 0.1) is 0 Å². The summed E-state index contributed by atoms with van der Waals surface area (Å²) >= 11 is 1.75. The number of nitrogens with zero attached hydrogens (tertiary/aromatic N) is 3. The van der Waals surface area contributed by atoms with E-state index in [-0.39, 0.29) is 0 Å². The minimum Gasteiger partial charge on any atom is -0.356 e. The minimum absolute atomic E-state index is 0.715. The Labute approximate surface area is 152 Å². The highest BCUT2D eigenvalue weighted by molar-refractivity contribution is 7.11. The summed E-state index contributed by atoms with van der Waals surface area (Å²) < 4.78 is 2.30. The van der Waals surface area contributed by atoms with E-state index in [9.17, 15) is 0 Å². The molecule has 0 spiro atoms. The quantitative estimate of drug-likeness (QED) is 0.388. The third kappa shape index (κ3) is 4.60. The molecule has 1 aromatic carbocycles. The van der Waals surface area contributed by atoms with Crippen LogP contribution in [0.2, 0.25) is 0 Å². The number of para-hydroxylation sites is 1. The fourth-order valence-corrected chi connectivity index (χ4v) is 3.57. The largest absolute Gasteiger partial charge is 0.356 e. The van der Waals surface area contributed by atoms with Gasteiger partial charge in [0, 0.05) is 42.9 Å². The smallest absolute Gasteiger partial charge is 0.191 e. The van der Waals surface area contributed by atoms with Crippen molar-refractivity contribution >= 4 is 28.2 Å². The third-order valence-corrected chi connectivity index (χ3v) is 5.27. The molecule has 0 atom stereocenters. The van der Waals surface area contributed by atoms with Crippen LogP contribution in [0.3, 0.4) is 0 Å². The van der Waals surface area contributed by atoms with Crippen molar-refractivity contribution in [3.8, 4) is 0 Å².